The van der Waals surface area contributed by atoms with Gasteiger partial charge in [0.05, 0.1) is 0 Å². The molecule has 0 saturated carbocycles. The second-order valence-electron chi connectivity index (χ2n) is 14.6. The number of carbonyl (C=O) groups excluding carboxylic acids is 2. The van der Waals surface area contributed by atoms with Gasteiger partial charge in [-0.25, -0.2) is 4.79 Å². The Morgan fingerprint density at radius 3 is 1.65 bits per heavy atom. The van der Waals surface area contributed by atoms with Crippen LogP contribution in [-0.2, 0) is 28.5 Å². The number of ether oxygens (including phenoxy) is 7. The fraction of sp³-hybridized carbons (Fsp3) is 0.333. The van der Waals surface area contributed by atoms with E-state index in [2.05, 4.69) is 0 Å². The Hall–Kier alpha value is -6.36. The molecule has 0 bridgehead atoms. The zero-order chi connectivity index (χ0) is 44.4. The number of benzene rings is 4. The lowest BCUT2D eigenvalue weighted by Crippen LogP contribution is -2.60. The molecule has 4 aromatic rings. The molecule has 0 aromatic heterocycles. The lowest BCUT2D eigenvalue weighted by atomic mass is 9.89. The van der Waals surface area contributed by atoms with Gasteiger partial charge in [0, 0.05) is 11.6 Å². The van der Waals surface area contributed by atoms with E-state index in [-0.39, 0.29) is 45.4 Å². The van der Waals surface area contributed by atoms with Gasteiger partial charge in [-0.15, -0.1) is 0 Å². The molecule has 20 heteroatoms. The van der Waals surface area contributed by atoms with Crippen molar-refractivity contribution in [2.45, 2.75) is 73.4 Å². The third-order valence-corrected chi connectivity index (χ3v) is 10.3. The fourth-order valence-corrected chi connectivity index (χ4v) is 6.95. The summed E-state index contributed by atoms with van der Waals surface area (Å²) in [6.45, 7) is -1.31. The number of phenolic OH excluding ortho intramolecular Hbond substituents is 5. The van der Waals surface area contributed by atoms with Crippen LogP contribution in [-0.4, -0.2) is 143 Å². The van der Waals surface area contributed by atoms with Gasteiger partial charge in [-0.2, -0.15) is 0 Å². The van der Waals surface area contributed by atoms with Crippen LogP contribution in [0.2, 0.25) is 0 Å². The highest BCUT2D eigenvalue weighted by Crippen LogP contribution is 2.52. The normalized spacial score (nSPS) is 29.3. The van der Waals surface area contributed by atoms with Crippen LogP contribution in [0.25, 0.3) is 6.08 Å². The Bertz CT molecular complexity index is 2250. The second-order valence-corrected chi connectivity index (χ2v) is 14.6. The molecule has 7 rings (SSSR count). The van der Waals surface area contributed by atoms with Crippen molar-refractivity contribution in [2.24, 2.45) is 0 Å². The first-order chi connectivity index (χ1) is 29.6. The van der Waals surface area contributed by atoms with Gasteiger partial charge in [-0.3, -0.25) is 4.79 Å². The molecule has 2 saturated heterocycles. The smallest absolute Gasteiger partial charge is 0.330 e. The summed E-state index contributed by atoms with van der Waals surface area (Å²) < 4.78 is 39.2. The van der Waals surface area contributed by atoms with Crippen LogP contribution in [0.1, 0.15) is 28.7 Å². The van der Waals surface area contributed by atoms with Crippen LogP contribution >= 0.6 is 0 Å². The minimum Gasteiger partial charge on any atom is -0.508 e. The third-order valence-electron chi connectivity index (χ3n) is 10.3. The highest BCUT2D eigenvalue weighted by atomic mass is 16.7. The fourth-order valence-electron chi connectivity index (χ4n) is 6.95. The number of aliphatic hydroxyl groups excluding tert-OH is 6. The number of esters is 2. The molecule has 12 atom stereocenters. The number of aliphatic hydroxyl groups is 6. The number of hydrogen-bond donors (Lipinski definition) is 11. The highest BCUT2D eigenvalue weighted by Gasteiger charge is 2.48. The Morgan fingerprint density at radius 1 is 0.581 bits per heavy atom. The molecule has 2 fully saturated rings. The van der Waals surface area contributed by atoms with Gasteiger partial charge in [-0.05, 0) is 90.0 Å². The molecular formula is C42H42O20. The van der Waals surface area contributed by atoms with Crippen LogP contribution in [0.3, 0.4) is 0 Å². The van der Waals surface area contributed by atoms with Crippen molar-refractivity contribution in [2.75, 3.05) is 13.2 Å². The van der Waals surface area contributed by atoms with Crippen molar-refractivity contribution in [3.05, 3.63) is 102 Å². The summed E-state index contributed by atoms with van der Waals surface area (Å²) in [6.07, 6.45) is -15.4. The van der Waals surface area contributed by atoms with Gasteiger partial charge in [-0.1, -0.05) is 6.07 Å². The summed E-state index contributed by atoms with van der Waals surface area (Å²) in [5, 5.41) is 114. The average Bonchev–Trinajstić information content (AvgIpc) is 3.65. The molecule has 20 nitrogen and oxygen atoms in total. The Balaban J connectivity index is 1.06. The maximum Gasteiger partial charge on any atom is 0.330 e. The average molecular weight is 867 g/mol. The molecule has 3 heterocycles. The first kappa shape index (κ1) is 43.7. The summed E-state index contributed by atoms with van der Waals surface area (Å²) in [5.74, 6) is -4.92. The molecule has 62 heavy (non-hydrogen) atoms. The van der Waals surface area contributed by atoms with Crippen molar-refractivity contribution in [3.63, 3.8) is 0 Å². The van der Waals surface area contributed by atoms with Crippen LogP contribution < -0.4 is 14.2 Å². The van der Waals surface area contributed by atoms with Crippen LogP contribution in [0.4, 0.5) is 0 Å². The lowest BCUT2D eigenvalue weighted by Gasteiger charge is -2.40. The van der Waals surface area contributed by atoms with Crippen molar-refractivity contribution in [1.29, 1.82) is 0 Å². The van der Waals surface area contributed by atoms with Crippen LogP contribution in [0.15, 0.2) is 84.9 Å². The Morgan fingerprint density at radius 2 is 1.11 bits per heavy atom. The predicted molar refractivity (Wildman–Crippen MR) is 206 cm³/mol. The molecule has 4 aromatic carbocycles. The lowest BCUT2D eigenvalue weighted by molar-refractivity contribution is -0.278. The van der Waals surface area contributed by atoms with E-state index in [1.54, 1.807) is 0 Å². The SMILES string of the molecule is O=C(/C=C/c1cc(O)c2c(c1)[C@H](C(=O)OC[C@H]1O[C@@H](Oc3ccc(O)cc3)[C@H](O)[C@@H](O)[C@@H]1O)[C@@H](c1ccc(O)c(O)c1)O2)OC[C@H]1O[C@@H](Oc2ccc(O)cc2)[C@H](O)[C@@H](O)[C@@H]1O. The molecular weight excluding hydrogens is 824 g/mol. The molecule has 3 aliphatic rings. The minimum absolute atomic E-state index is 0.0423. The molecule has 3 aliphatic heterocycles. The van der Waals surface area contributed by atoms with Gasteiger partial charge in [0.25, 0.3) is 0 Å². The summed E-state index contributed by atoms with van der Waals surface area (Å²) in [5.41, 5.74) is 0.343. The largest absolute Gasteiger partial charge is 0.508 e. The van der Waals surface area contributed by atoms with Crippen molar-refractivity contribution in [3.8, 4) is 46.0 Å². The summed E-state index contributed by atoms with van der Waals surface area (Å²) in [6, 6.07) is 16.9. The molecule has 0 aliphatic carbocycles. The topological polar surface area (TPSA) is 321 Å². The number of aromatic hydroxyl groups is 5. The molecule has 0 unspecified atom stereocenters. The number of fused-ring (bicyclic) bond motifs is 1. The Kier molecular flexibility index (Phi) is 12.9. The summed E-state index contributed by atoms with van der Waals surface area (Å²) in [7, 11) is 0. The Labute approximate surface area is 350 Å². The number of carbonyl (C=O) groups is 2. The molecule has 11 N–H and O–H groups in total. The van der Waals surface area contributed by atoms with Gasteiger partial charge < -0.3 is 89.3 Å². The zero-order valence-corrected chi connectivity index (χ0v) is 32.1. The maximum atomic E-state index is 14.0. The van der Waals surface area contributed by atoms with Crippen molar-refractivity contribution in [1.82, 2.24) is 0 Å². The number of rotatable bonds is 12. The van der Waals surface area contributed by atoms with Crippen molar-refractivity contribution < 1.29 is 98.9 Å². The third kappa shape index (κ3) is 9.42. The predicted octanol–water partition coefficient (Wildman–Crippen LogP) is 0.305. The first-order valence-corrected chi connectivity index (χ1v) is 19.0. The highest BCUT2D eigenvalue weighted by molar-refractivity contribution is 5.88. The molecule has 0 amide bonds. The molecule has 0 radical (unpaired) electrons. The van der Waals surface area contributed by atoms with Gasteiger partial charge in [0.2, 0.25) is 12.6 Å². The van der Waals surface area contributed by atoms with E-state index in [4.69, 9.17) is 33.2 Å². The van der Waals surface area contributed by atoms with E-state index in [9.17, 15) is 65.8 Å². The number of phenols is 5. The van der Waals surface area contributed by atoms with E-state index in [0.717, 1.165) is 18.2 Å². The van der Waals surface area contributed by atoms with Gasteiger partial charge in [0.15, 0.2) is 23.0 Å². The monoisotopic (exact) mass is 866 g/mol. The van der Waals surface area contributed by atoms with E-state index in [1.807, 2.05) is 0 Å². The first-order valence-electron chi connectivity index (χ1n) is 19.0. The quantitative estimate of drug-likeness (QED) is 0.0518. The molecule has 330 valence electrons. The standard InChI is InChI=1S/C42H42O20/c43-20-3-7-22(8-4-20)58-41-36(53)34(51)32(49)28(60-41)16-56-30(48)12-1-18-13-24-31(38(62-39(24)27(47)14-18)19-2-11-25(45)26(46)15-19)40(55)57-17-29-33(50)35(52)37(54)42(61-29)59-23-9-5-21(44)6-10-23/h1-15,28-29,31-38,41-47,49-54H,16-17H2/b12-1+/t28-,29-,31+,32-,33-,34+,35+,36-,37-,38-,41-,42-/m1/s1. The zero-order valence-electron chi connectivity index (χ0n) is 32.1. The van der Waals surface area contributed by atoms with Gasteiger partial charge in [0.1, 0.15) is 97.1 Å². The van der Waals surface area contributed by atoms with Gasteiger partial charge >= 0.3 is 11.9 Å². The number of hydrogen-bond acceptors (Lipinski definition) is 20. The van der Waals surface area contributed by atoms with E-state index >= 15 is 0 Å². The maximum absolute atomic E-state index is 14.0. The summed E-state index contributed by atoms with van der Waals surface area (Å²) >= 11 is 0. The minimum atomic E-state index is -1.81. The second kappa shape index (κ2) is 18.3. The van der Waals surface area contributed by atoms with E-state index in [1.165, 1.54) is 72.8 Å². The molecule has 0 spiro atoms. The van der Waals surface area contributed by atoms with Crippen molar-refractivity contribution >= 4 is 18.0 Å². The van der Waals surface area contributed by atoms with E-state index < -0.39 is 116 Å². The summed E-state index contributed by atoms with van der Waals surface area (Å²) in [4.78, 5) is 26.8. The van der Waals surface area contributed by atoms with Crippen LogP contribution in [0, 0.1) is 0 Å². The van der Waals surface area contributed by atoms with Crippen LogP contribution in [0.5, 0.6) is 46.0 Å². The van der Waals surface area contributed by atoms with E-state index in [0.29, 0.717) is 0 Å².